The van der Waals surface area contributed by atoms with Crippen molar-refractivity contribution in [3.05, 3.63) is 67.9 Å². The molecule has 0 bridgehead atoms. The topological polar surface area (TPSA) is 12.0 Å². The van der Waals surface area contributed by atoms with Crippen molar-refractivity contribution in [1.29, 1.82) is 0 Å². The minimum absolute atomic E-state index is 0.0476. The van der Waals surface area contributed by atoms with Crippen LogP contribution in [0.4, 0.5) is 4.39 Å². The van der Waals surface area contributed by atoms with Gasteiger partial charge in [-0.25, -0.2) is 4.39 Å². The zero-order valence-electron chi connectivity index (χ0n) is 12.3. The smallest absolute Gasteiger partial charge is 0.142 e. The molecule has 1 unspecified atom stereocenters. The van der Waals surface area contributed by atoms with E-state index in [4.69, 9.17) is 11.6 Å². The molecule has 21 heavy (non-hydrogen) atoms. The van der Waals surface area contributed by atoms with Crippen LogP contribution in [0.1, 0.15) is 35.2 Å². The van der Waals surface area contributed by atoms with Gasteiger partial charge in [0, 0.05) is 4.47 Å². The van der Waals surface area contributed by atoms with Crippen molar-refractivity contribution >= 4 is 27.5 Å². The van der Waals surface area contributed by atoms with Gasteiger partial charge in [-0.15, -0.1) is 0 Å². The van der Waals surface area contributed by atoms with E-state index in [2.05, 4.69) is 47.2 Å². The first-order valence-corrected chi connectivity index (χ1v) is 8.06. The highest BCUT2D eigenvalue weighted by atomic mass is 79.9. The predicted octanol–water partition coefficient (Wildman–Crippen LogP) is 5.56. The molecule has 112 valence electrons. The molecule has 0 aliphatic carbocycles. The maximum atomic E-state index is 13.8. The standard InChI is InChI=1S/C17H18BrClFN/c1-4-21-17(12-5-6-15(19)16(20)9-12)13-7-11(3)14(18)8-10(13)2/h5-9,17,21H,4H2,1-3H3. The summed E-state index contributed by atoms with van der Waals surface area (Å²) in [5.41, 5.74) is 4.35. The maximum Gasteiger partial charge on any atom is 0.142 e. The lowest BCUT2D eigenvalue weighted by molar-refractivity contribution is 0.602. The Morgan fingerprint density at radius 2 is 1.90 bits per heavy atom. The van der Waals surface area contributed by atoms with Gasteiger partial charge in [0.05, 0.1) is 11.1 Å². The molecular formula is C17H18BrClFN. The number of aryl methyl sites for hydroxylation is 2. The van der Waals surface area contributed by atoms with Gasteiger partial charge in [-0.3, -0.25) is 0 Å². The van der Waals surface area contributed by atoms with Crippen LogP contribution in [0.5, 0.6) is 0 Å². The van der Waals surface area contributed by atoms with Crippen LogP contribution < -0.4 is 5.32 Å². The van der Waals surface area contributed by atoms with Gasteiger partial charge in [-0.05, 0) is 60.8 Å². The van der Waals surface area contributed by atoms with Gasteiger partial charge in [0.1, 0.15) is 5.82 Å². The van der Waals surface area contributed by atoms with Crippen LogP contribution in [0.25, 0.3) is 0 Å². The Kier molecular flexibility index (Phi) is 5.42. The first kappa shape index (κ1) is 16.5. The Bertz CT molecular complexity index is 657. The second-order valence-electron chi connectivity index (χ2n) is 5.12. The highest BCUT2D eigenvalue weighted by Gasteiger charge is 2.17. The zero-order chi connectivity index (χ0) is 15.6. The predicted molar refractivity (Wildman–Crippen MR) is 90.5 cm³/mol. The fourth-order valence-electron chi connectivity index (χ4n) is 2.42. The van der Waals surface area contributed by atoms with Crippen molar-refractivity contribution in [2.75, 3.05) is 6.54 Å². The van der Waals surface area contributed by atoms with Crippen LogP contribution in [-0.4, -0.2) is 6.54 Å². The lowest BCUT2D eigenvalue weighted by Gasteiger charge is -2.22. The van der Waals surface area contributed by atoms with Crippen LogP contribution in [-0.2, 0) is 0 Å². The molecule has 0 amide bonds. The van der Waals surface area contributed by atoms with E-state index in [0.717, 1.165) is 33.3 Å². The van der Waals surface area contributed by atoms with Crippen LogP contribution >= 0.6 is 27.5 Å². The van der Waals surface area contributed by atoms with E-state index >= 15 is 0 Å². The van der Waals surface area contributed by atoms with E-state index in [-0.39, 0.29) is 16.9 Å². The molecule has 4 heteroatoms. The molecule has 1 N–H and O–H groups in total. The molecular weight excluding hydrogens is 353 g/mol. The largest absolute Gasteiger partial charge is 0.307 e. The third kappa shape index (κ3) is 3.65. The highest BCUT2D eigenvalue weighted by Crippen LogP contribution is 2.30. The van der Waals surface area contributed by atoms with E-state index in [0.29, 0.717) is 0 Å². The summed E-state index contributed by atoms with van der Waals surface area (Å²) in [5.74, 6) is -0.386. The van der Waals surface area contributed by atoms with Gasteiger partial charge in [-0.2, -0.15) is 0 Å². The maximum absolute atomic E-state index is 13.8. The van der Waals surface area contributed by atoms with Crippen molar-refractivity contribution < 1.29 is 4.39 Å². The molecule has 0 saturated carbocycles. The summed E-state index contributed by atoms with van der Waals surface area (Å²) in [7, 11) is 0. The summed E-state index contributed by atoms with van der Waals surface area (Å²) in [6.45, 7) is 6.96. The Morgan fingerprint density at radius 1 is 1.19 bits per heavy atom. The number of rotatable bonds is 4. The van der Waals surface area contributed by atoms with E-state index in [9.17, 15) is 4.39 Å². The second-order valence-corrected chi connectivity index (χ2v) is 6.38. The monoisotopic (exact) mass is 369 g/mol. The van der Waals surface area contributed by atoms with Crippen molar-refractivity contribution in [2.24, 2.45) is 0 Å². The van der Waals surface area contributed by atoms with Crippen LogP contribution in [0.3, 0.4) is 0 Å². The summed E-state index contributed by atoms with van der Waals surface area (Å²) in [6, 6.07) is 9.17. The number of nitrogens with one attached hydrogen (secondary N) is 1. The Balaban J connectivity index is 2.52. The Morgan fingerprint density at radius 3 is 2.52 bits per heavy atom. The first-order chi connectivity index (χ1) is 9.93. The van der Waals surface area contributed by atoms with Crippen molar-refractivity contribution in [3.63, 3.8) is 0 Å². The van der Waals surface area contributed by atoms with Crippen molar-refractivity contribution in [3.8, 4) is 0 Å². The number of benzene rings is 2. The van der Waals surface area contributed by atoms with Gasteiger partial charge < -0.3 is 5.32 Å². The highest BCUT2D eigenvalue weighted by molar-refractivity contribution is 9.10. The van der Waals surface area contributed by atoms with Crippen molar-refractivity contribution in [2.45, 2.75) is 26.8 Å². The van der Waals surface area contributed by atoms with E-state index in [1.54, 1.807) is 6.07 Å². The molecule has 0 spiro atoms. The van der Waals surface area contributed by atoms with Crippen LogP contribution in [0.2, 0.25) is 5.02 Å². The molecule has 0 aliphatic rings. The second kappa shape index (κ2) is 6.91. The molecule has 2 aromatic rings. The Labute approximate surface area is 138 Å². The first-order valence-electron chi connectivity index (χ1n) is 6.89. The van der Waals surface area contributed by atoms with E-state index in [1.165, 1.54) is 6.07 Å². The number of halogens is 3. The molecule has 0 aliphatic heterocycles. The minimum Gasteiger partial charge on any atom is -0.307 e. The van der Waals surface area contributed by atoms with Gasteiger partial charge in [0.2, 0.25) is 0 Å². The van der Waals surface area contributed by atoms with Gasteiger partial charge in [-0.1, -0.05) is 46.6 Å². The zero-order valence-corrected chi connectivity index (χ0v) is 14.6. The summed E-state index contributed by atoms with van der Waals surface area (Å²) in [5, 5.41) is 3.57. The fraction of sp³-hybridized carbons (Fsp3) is 0.294. The molecule has 0 saturated heterocycles. The average Bonchev–Trinajstić information content (AvgIpc) is 2.44. The average molecular weight is 371 g/mol. The molecule has 2 aromatic carbocycles. The summed E-state index contributed by atoms with van der Waals surface area (Å²) < 4.78 is 14.9. The van der Waals surface area contributed by atoms with Crippen LogP contribution in [0, 0.1) is 19.7 Å². The lowest BCUT2D eigenvalue weighted by Crippen LogP contribution is -2.23. The third-order valence-corrected chi connectivity index (χ3v) is 4.70. The molecule has 0 radical (unpaired) electrons. The molecule has 1 atom stereocenters. The fourth-order valence-corrected chi connectivity index (χ4v) is 2.99. The summed E-state index contributed by atoms with van der Waals surface area (Å²) in [4.78, 5) is 0. The van der Waals surface area contributed by atoms with E-state index in [1.807, 2.05) is 13.0 Å². The normalized spacial score (nSPS) is 12.5. The molecule has 2 rings (SSSR count). The SMILES string of the molecule is CCNC(c1ccc(Cl)c(F)c1)c1cc(C)c(Br)cc1C. The van der Waals surface area contributed by atoms with E-state index < -0.39 is 0 Å². The number of hydrogen-bond acceptors (Lipinski definition) is 1. The summed E-state index contributed by atoms with van der Waals surface area (Å²) >= 11 is 9.33. The van der Waals surface area contributed by atoms with Gasteiger partial charge >= 0.3 is 0 Å². The molecule has 1 nitrogen and oxygen atoms in total. The lowest BCUT2D eigenvalue weighted by atomic mass is 9.93. The van der Waals surface area contributed by atoms with Crippen LogP contribution in [0.15, 0.2) is 34.8 Å². The number of hydrogen-bond donors (Lipinski definition) is 1. The minimum atomic E-state index is -0.386. The molecule has 0 fully saturated rings. The third-order valence-electron chi connectivity index (χ3n) is 3.54. The molecule has 0 heterocycles. The summed E-state index contributed by atoms with van der Waals surface area (Å²) in [6.07, 6.45) is 0. The van der Waals surface area contributed by atoms with Crippen molar-refractivity contribution in [1.82, 2.24) is 5.32 Å². The van der Waals surface area contributed by atoms with Gasteiger partial charge in [0.25, 0.3) is 0 Å². The Hall–Kier alpha value is -0.900. The quantitative estimate of drug-likeness (QED) is 0.743. The van der Waals surface area contributed by atoms with Gasteiger partial charge in [0.15, 0.2) is 0 Å². The molecule has 0 aromatic heterocycles.